The van der Waals surface area contributed by atoms with Gasteiger partial charge in [0.15, 0.2) is 12.1 Å². The summed E-state index contributed by atoms with van der Waals surface area (Å²) in [7, 11) is 5.55. The van der Waals surface area contributed by atoms with Gasteiger partial charge in [-0.25, -0.2) is 4.79 Å². The standard InChI is InChI=1S/C61H113NO7/c1-6-8-10-12-14-16-18-20-22-24-26-28-30-32-34-36-38-40-42-44-46-48-50-52-60(64)69-57(55-67-54-53-58(61(65)66)62(3,4)5)56-68-59(63)51-49-47-45-43-41-39-37-35-33-31-29-27-25-23-21-19-17-15-13-11-9-7-2/h26,28,31-34,57-58H,6-25,27,29-30,35-56H2,1-5H3/p+1/b28-26+,33-31+,34-32+. The van der Waals surface area contributed by atoms with E-state index in [1.807, 2.05) is 21.1 Å². The van der Waals surface area contributed by atoms with E-state index < -0.39 is 18.1 Å². The molecule has 2 atom stereocenters. The van der Waals surface area contributed by atoms with E-state index in [4.69, 9.17) is 14.2 Å². The summed E-state index contributed by atoms with van der Waals surface area (Å²) in [5.74, 6) is -1.47. The number of carbonyl (C=O) groups excluding carboxylic acids is 2. The van der Waals surface area contributed by atoms with Crippen LogP contribution in [0.5, 0.6) is 0 Å². The number of carboxylic acid groups (broad SMARTS) is 1. The molecule has 8 heteroatoms. The van der Waals surface area contributed by atoms with E-state index in [9.17, 15) is 19.5 Å². The monoisotopic (exact) mass is 973 g/mol. The van der Waals surface area contributed by atoms with Crippen LogP contribution in [0.4, 0.5) is 0 Å². The SMILES string of the molecule is CCCCCCCCCCC/C=C/C/C=C/CCCCCCCCCC(=O)OC(COCCC(C(=O)O)[N+](C)(C)C)COC(=O)CCCCCCCCC/C=C/CCCCCCCCCCCCC. The molecule has 0 fully saturated rings. The Morgan fingerprint density at radius 1 is 0.435 bits per heavy atom. The molecule has 0 rings (SSSR count). The van der Waals surface area contributed by atoms with Crippen molar-refractivity contribution >= 4 is 17.9 Å². The molecule has 2 unspecified atom stereocenters. The number of nitrogens with zero attached hydrogens (tertiary/aromatic N) is 1. The van der Waals surface area contributed by atoms with Crippen molar-refractivity contribution in [3.8, 4) is 0 Å². The Morgan fingerprint density at radius 2 is 0.768 bits per heavy atom. The molecule has 0 aromatic heterocycles. The van der Waals surface area contributed by atoms with Crippen LogP contribution >= 0.6 is 0 Å². The second kappa shape index (κ2) is 51.9. The number of aliphatic carboxylic acids is 1. The van der Waals surface area contributed by atoms with Crippen LogP contribution in [0.3, 0.4) is 0 Å². The maximum absolute atomic E-state index is 12.8. The Bertz CT molecular complexity index is 1220. The van der Waals surface area contributed by atoms with E-state index in [1.54, 1.807) is 0 Å². The van der Waals surface area contributed by atoms with Crippen LogP contribution in [-0.2, 0) is 28.6 Å². The second-order valence-electron chi connectivity index (χ2n) is 21.2. The van der Waals surface area contributed by atoms with Crippen LogP contribution in [0.1, 0.15) is 284 Å². The van der Waals surface area contributed by atoms with E-state index in [0.717, 1.165) is 51.4 Å². The van der Waals surface area contributed by atoms with E-state index in [1.165, 1.54) is 199 Å². The first kappa shape index (κ1) is 66.6. The van der Waals surface area contributed by atoms with Crippen LogP contribution in [0.2, 0.25) is 0 Å². The molecule has 0 amide bonds. The lowest BCUT2D eigenvalue weighted by atomic mass is 10.0. The Morgan fingerprint density at radius 3 is 1.13 bits per heavy atom. The van der Waals surface area contributed by atoms with Crippen molar-refractivity contribution in [2.75, 3.05) is 41.0 Å². The molecule has 404 valence electrons. The highest BCUT2D eigenvalue weighted by Gasteiger charge is 2.31. The number of hydrogen-bond acceptors (Lipinski definition) is 6. The number of esters is 2. The first-order valence-corrected chi connectivity index (χ1v) is 29.5. The van der Waals surface area contributed by atoms with Gasteiger partial charge >= 0.3 is 17.9 Å². The average Bonchev–Trinajstić information content (AvgIpc) is 3.31. The molecule has 0 heterocycles. The fraction of sp³-hybridized carbons (Fsp3) is 0.852. The van der Waals surface area contributed by atoms with Gasteiger partial charge in [0, 0.05) is 19.3 Å². The lowest BCUT2D eigenvalue weighted by Crippen LogP contribution is -2.50. The number of unbranched alkanes of at least 4 members (excludes halogenated alkanes) is 34. The molecule has 1 N–H and O–H groups in total. The minimum atomic E-state index is -0.874. The Kier molecular flexibility index (Phi) is 50.0. The number of ether oxygens (including phenoxy) is 3. The molecule has 0 aromatic carbocycles. The molecular formula is C61H114NO7+. The maximum Gasteiger partial charge on any atom is 0.362 e. The molecule has 0 aromatic rings. The summed E-state index contributed by atoms with van der Waals surface area (Å²) in [5, 5.41) is 9.68. The zero-order valence-corrected chi connectivity index (χ0v) is 46.3. The zero-order valence-electron chi connectivity index (χ0n) is 46.3. The normalized spacial score (nSPS) is 13.0. The summed E-state index contributed by atoms with van der Waals surface area (Å²) in [6, 6.07) is -0.618. The van der Waals surface area contributed by atoms with Gasteiger partial charge in [0.1, 0.15) is 6.61 Å². The number of carbonyl (C=O) groups is 3. The Labute approximate surface area is 427 Å². The summed E-state index contributed by atoms with van der Waals surface area (Å²) >= 11 is 0. The van der Waals surface area contributed by atoms with Gasteiger partial charge in [-0.1, -0.05) is 230 Å². The van der Waals surface area contributed by atoms with Crippen LogP contribution in [0, 0.1) is 0 Å². The van der Waals surface area contributed by atoms with E-state index >= 15 is 0 Å². The zero-order chi connectivity index (χ0) is 50.6. The molecule has 0 bridgehead atoms. The quantitative estimate of drug-likeness (QED) is 0.0280. The topological polar surface area (TPSA) is 99.1 Å². The highest BCUT2D eigenvalue weighted by Crippen LogP contribution is 2.16. The van der Waals surface area contributed by atoms with Crippen molar-refractivity contribution in [1.82, 2.24) is 0 Å². The number of rotatable bonds is 54. The molecule has 69 heavy (non-hydrogen) atoms. The molecule has 0 saturated heterocycles. The van der Waals surface area contributed by atoms with Crippen molar-refractivity contribution in [3.05, 3.63) is 36.5 Å². The van der Waals surface area contributed by atoms with Crippen molar-refractivity contribution in [1.29, 1.82) is 0 Å². The third-order valence-electron chi connectivity index (χ3n) is 13.5. The number of allylic oxidation sites excluding steroid dienone is 6. The van der Waals surface area contributed by atoms with Crippen molar-refractivity contribution in [2.45, 2.75) is 296 Å². The number of hydrogen-bond donors (Lipinski definition) is 1. The van der Waals surface area contributed by atoms with Gasteiger partial charge in [-0.2, -0.15) is 0 Å². The molecule has 0 spiro atoms. The smallest absolute Gasteiger partial charge is 0.362 e. The Hall–Kier alpha value is -2.45. The molecule has 0 saturated carbocycles. The molecule has 8 nitrogen and oxygen atoms in total. The maximum atomic E-state index is 12.8. The number of likely N-dealkylation sites (N-methyl/N-ethyl adjacent to an activating group) is 1. The lowest BCUT2D eigenvalue weighted by Gasteiger charge is -2.31. The highest BCUT2D eigenvalue weighted by atomic mass is 16.6. The predicted octanol–water partition coefficient (Wildman–Crippen LogP) is 17.7. The predicted molar refractivity (Wildman–Crippen MR) is 294 cm³/mol. The largest absolute Gasteiger partial charge is 0.477 e. The molecule has 0 radical (unpaired) electrons. The van der Waals surface area contributed by atoms with Gasteiger partial charge in [0.25, 0.3) is 0 Å². The summed E-state index contributed by atoms with van der Waals surface area (Å²) in [5.41, 5.74) is 0. The van der Waals surface area contributed by atoms with Crippen molar-refractivity contribution in [3.63, 3.8) is 0 Å². The van der Waals surface area contributed by atoms with Crippen LogP contribution < -0.4 is 0 Å². The molecule has 0 aliphatic heterocycles. The van der Waals surface area contributed by atoms with E-state index in [-0.39, 0.29) is 36.2 Å². The molecular weight excluding hydrogens is 859 g/mol. The second-order valence-corrected chi connectivity index (χ2v) is 21.2. The third kappa shape index (κ3) is 50.3. The van der Waals surface area contributed by atoms with Crippen LogP contribution in [0.25, 0.3) is 0 Å². The minimum absolute atomic E-state index is 0.0543. The summed E-state index contributed by atoms with van der Waals surface area (Å²) in [6.45, 7) is 4.77. The summed E-state index contributed by atoms with van der Waals surface area (Å²) in [4.78, 5) is 37.3. The van der Waals surface area contributed by atoms with Crippen LogP contribution in [-0.4, -0.2) is 80.6 Å². The fourth-order valence-corrected chi connectivity index (χ4v) is 8.94. The number of quaternary nitrogens is 1. The van der Waals surface area contributed by atoms with Gasteiger partial charge < -0.3 is 23.8 Å². The summed E-state index contributed by atoms with van der Waals surface area (Å²) < 4.78 is 17.4. The molecule has 0 aliphatic rings. The average molecular weight is 974 g/mol. The molecule has 0 aliphatic carbocycles. The van der Waals surface area contributed by atoms with Crippen molar-refractivity contribution in [2.24, 2.45) is 0 Å². The van der Waals surface area contributed by atoms with Crippen LogP contribution in [0.15, 0.2) is 36.5 Å². The van der Waals surface area contributed by atoms with E-state index in [0.29, 0.717) is 19.3 Å². The van der Waals surface area contributed by atoms with Gasteiger partial charge in [-0.05, 0) is 70.6 Å². The fourth-order valence-electron chi connectivity index (χ4n) is 8.94. The number of carboxylic acids is 1. The summed E-state index contributed by atoms with van der Waals surface area (Å²) in [6.07, 6.45) is 63.5. The minimum Gasteiger partial charge on any atom is -0.477 e. The van der Waals surface area contributed by atoms with Crippen molar-refractivity contribution < 1.29 is 38.2 Å². The highest BCUT2D eigenvalue weighted by molar-refractivity contribution is 5.72. The third-order valence-corrected chi connectivity index (χ3v) is 13.5. The van der Waals surface area contributed by atoms with Gasteiger partial charge in [0.2, 0.25) is 0 Å². The van der Waals surface area contributed by atoms with Gasteiger partial charge in [-0.15, -0.1) is 0 Å². The van der Waals surface area contributed by atoms with Gasteiger partial charge in [0.05, 0.1) is 34.4 Å². The first-order valence-electron chi connectivity index (χ1n) is 29.5. The van der Waals surface area contributed by atoms with Gasteiger partial charge in [-0.3, -0.25) is 9.59 Å². The van der Waals surface area contributed by atoms with E-state index in [2.05, 4.69) is 50.3 Å². The Balaban J connectivity index is 4.17. The lowest BCUT2D eigenvalue weighted by molar-refractivity contribution is -0.887. The first-order chi connectivity index (χ1) is 33.6.